The number of carboxylic acid groups (broad SMARTS) is 1. The standard InChI is InChI=1S/C20H17FN4O5S/c1-10-22-18(25-30-10)11-4-6-12(7-5-11)23-17(19(31-3)24-20(27)28)14-8-13(29-2)9-15(26)16(14)21/h4-9,26H,1-3H3,(H,27,28). The number of benzene rings is 2. The zero-order valence-corrected chi connectivity index (χ0v) is 17.5. The SMILES string of the molecule is COc1cc(O)c(F)c(C(=Nc2ccc(-c3noc(C)n3)cc2)C(=NC(=O)O)SC)c1. The molecule has 0 aliphatic rings. The molecule has 0 atom stereocenters. The summed E-state index contributed by atoms with van der Waals surface area (Å²) in [6.45, 7) is 1.67. The minimum atomic E-state index is -1.47. The summed E-state index contributed by atoms with van der Waals surface area (Å²) in [6, 6.07) is 9.03. The van der Waals surface area contributed by atoms with Gasteiger partial charge in [-0.3, -0.25) is 0 Å². The molecule has 0 fully saturated rings. The molecule has 0 unspecified atom stereocenters. The fourth-order valence-electron chi connectivity index (χ4n) is 2.61. The predicted octanol–water partition coefficient (Wildman–Crippen LogP) is 4.46. The molecule has 0 radical (unpaired) electrons. The van der Waals surface area contributed by atoms with Gasteiger partial charge in [-0.25, -0.2) is 14.2 Å². The van der Waals surface area contributed by atoms with E-state index in [0.717, 1.165) is 17.8 Å². The second-order valence-electron chi connectivity index (χ2n) is 6.06. The molecule has 1 heterocycles. The van der Waals surface area contributed by atoms with Gasteiger partial charge in [0.15, 0.2) is 11.6 Å². The van der Waals surface area contributed by atoms with Gasteiger partial charge in [0.1, 0.15) is 16.5 Å². The maximum absolute atomic E-state index is 14.8. The van der Waals surface area contributed by atoms with E-state index in [-0.39, 0.29) is 22.1 Å². The van der Waals surface area contributed by atoms with E-state index in [2.05, 4.69) is 20.1 Å². The van der Waals surface area contributed by atoms with E-state index < -0.39 is 17.7 Å². The summed E-state index contributed by atoms with van der Waals surface area (Å²) in [5, 5.41) is 22.8. The number of phenols is 1. The maximum atomic E-state index is 14.8. The summed E-state index contributed by atoms with van der Waals surface area (Å²) >= 11 is 0.968. The van der Waals surface area contributed by atoms with E-state index >= 15 is 0 Å². The maximum Gasteiger partial charge on any atom is 0.432 e. The first-order valence-electron chi connectivity index (χ1n) is 8.74. The Morgan fingerprint density at radius 3 is 2.52 bits per heavy atom. The Morgan fingerprint density at radius 2 is 1.97 bits per heavy atom. The summed E-state index contributed by atoms with van der Waals surface area (Å²) in [4.78, 5) is 23.2. The normalized spacial score (nSPS) is 12.1. The van der Waals surface area contributed by atoms with E-state index in [4.69, 9.17) is 14.4 Å². The molecule has 31 heavy (non-hydrogen) atoms. The number of aromatic hydroxyl groups is 1. The van der Waals surface area contributed by atoms with Crippen LogP contribution in [0.3, 0.4) is 0 Å². The van der Waals surface area contributed by atoms with Crippen LogP contribution in [0.1, 0.15) is 11.5 Å². The van der Waals surface area contributed by atoms with Crippen LogP contribution >= 0.6 is 11.8 Å². The van der Waals surface area contributed by atoms with Gasteiger partial charge in [-0.2, -0.15) is 9.98 Å². The molecule has 11 heteroatoms. The molecule has 160 valence electrons. The molecule has 2 aromatic carbocycles. The number of hydrogen-bond donors (Lipinski definition) is 2. The second kappa shape index (κ2) is 9.39. The van der Waals surface area contributed by atoms with Crippen molar-refractivity contribution < 1.29 is 28.7 Å². The number of halogens is 1. The van der Waals surface area contributed by atoms with Crippen LogP contribution in [0.5, 0.6) is 11.5 Å². The van der Waals surface area contributed by atoms with Gasteiger partial charge in [0.25, 0.3) is 0 Å². The molecule has 1 amide bonds. The predicted molar refractivity (Wildman–Crippen MR) is 114 cm³/mol. The molecular weight excluding hydrogens is 427 g/mol. The molecular formula is C20H17FN4O5S. The molecule has 3 rings (SSSR count). The van der Waals surface area contributed by atoms with Gasteiger partial charge in [0, 0.05) is 24.1 Å². The van der Waals surface area contributed by atoms with Crippen LogP contribution in [0, 0.1) is 12.7 Å². The topological polar surface area (TPSA) is 130 Å². The zero-order valence-electron chi connectivity index (χ0n) is 16.7. The lowest BCUT2D eigenvalue weighted by Crippen LogP contribution is -2.16. The lowest BCUT2D eigenvalue weighted by Gasteiger charge is -2.12. The third-order valence-corrected chi connectivity index (χ3v) is 4.68. The van der Waals surface area contributed by atoms with Crippen LogP contribution in [-0.4, -0.2) is 50.6 Å². The van der Waals surface area contributed by atoms with Gasteiger partial charge in [0.05, 0.1) is 12.8 Å². The van der Waals surface area contributed by atoms with Gasteiger partial charge >= 0.3 is 6.09 Å². The molecule has 0 saturated heterocycles. The van der Waals surface area contributed by atoms with Crippen LogP contribution in [0.25, 0.3) is 11.4 Å². The highest BCUT2D eigenvalue weighted by molar-refractivity contribution is 8.15. The number of methoxy groups -OCH3 is 1. The van der Waals surface area contributed by atoms with Crippen molar-refractivity contribution in [1.82, 2.24) is 10.1 Å². The van der Waals surface area contributed by atoms with E-state index in [1.54, 1.807) is 37.4 Å². The van der Waals surface area contributed by atoms with E-state index in [1.807, 2.05) is 0 Å². The summed E-state index contributed by atoms with van der Waals surface area (Å²) in [5.41, 5.74) is 0.813. The van der Waals surface area contributed by atoms with Gasteiger partial charge in [0.2, 0.25) is 11.7 Å². The monoisotopic (exact) mass is 444 g/mol. The number of amides is 1. The first-order valence-corrected chi connectivity index (χ1v) is 9.97. The molecule has 0 saturated carbocycles. The highest BCUT2D eigenvalue weighted by Gasteiger charge is 2.21. The largest absolute Gasteiger partial charge is 0.505 e. The van der Waals surface area contributed by atoms with Gasteiger partial charge in [-0.05, 0) is 36.6 Å². The van der Waals surface area contributed by atoms with Crippen molar-refractivity contribution >= 4 is 34.3 Å². The minimum Gasteiger partial charge on any atom is -0.505 e. The van der Waals surface area contributed by atoms with Crippen molar-refractivity contribution in [2.45, 2.75) is 6.92 Å². The quantitative estimate of drug-likeness (QED) is 0.436. The molecule has 0 aliphatic carbocycles. The molecule has 0 spiro atoms. The van der Waals surface area contributed by atoms with Crippen LogP contribution in [0.2, 0.25) is 0 Å². The lowest BCUT2D eigenvalue weighted by molar-refractivity contribution is 0.206. The molecule has 3 aromatic rings. The first-order chi connectivity index (χ1) is 14.8. The number of aromatic nitrogens is 2. The number of rotatable bonds is 5. The van der Waals surface area contributed by atoms with E-state index in [1.165, 1.54) is 13.2 Å². The Labute approximate surface area is 180 Å². The number of phenolic OH excluding ortho intramolecular Hbond substituents is 1. The highest BCUT2D eigenvalue weighted by atomic mass is 32.2. The van der Waals surface area contributed by atoms with Crippen molar-refractivity contribution in [3.05, 3.63) is 53.7 Å². The van der Waals surface area contributed by atoms with Crippen LogP contribution in [-0.2, 0) is 0 Å². The highest BCUT2D eigenvalue weighted by Crippen LogP contribution is 2.30. The lowest BCUT2D eigenvalue weighted by atomic mass is 10.1. The minimum absolute atomic E-state index is 0.0584. The Balaban J connectivity index is 2.14. The van der Waals surface area contributed by atoms with Crippen molar-refractivity contribution in [2.75, 3.05) is 13.4 Å². The molecule has 1 aromatic heterocycles. The van der Waals surface area contributed by atoms with E-state index in [0.29, 0.717) is 23.0 Å². The Hall–Kier alpha value is -3.73. The van der Waals surface area contributed by atoms with Crippen molar-refractivity contribution in [2.24, 2.45) is 9.98 Å². The van der Waals surface area contributed by atoms with Crippen LogP contribution < -0.4 is 4.74 Å². The number of hydrogen-bond acceptors (Lipinski definition) is 8. The van der Waals surface area contributed by atoms with Gasteiger partial charge in [-0.1, -0.05) is 5.16 Å². The number of ether oxygens (including phenoxy) is 1. The average molecular weight is 444 g/mol. The summed E-state index contributed by atoms with van der Waals surface area (Å²) in [5.74, 6) is -0.664. The third kappa shape index (κ3) is 5.07. The smallest absolute Gasteiger partial charge is 0.432 e. The zero-order chi connectivity index (χ0) is 22.5. The average Bonchev–Trinajstić information content (AvgIpc) is 3.19. The van der Waals surface area contributed by atoms with Gasteiger partial charge < -0.3 is 19.5 Å². The number of carbonyl (C=O) groups is 1. The summed E-state index contributed by atoms with van der Waals surface area (Å²) in [6.07, 6.45) is 0.115. The van der Waals surface area contributed by atoms with E-state index in [9.17, 15) is 14.3 Å². The Kier molecular flexibility index (Phi) is 6.65. The summed E-state index contributed by atoms with van der Waals surface area (Å²) < 4.78 is 24.8. The molecule has 9 nitrogen and oxygen atoms in total. The first kappa shape index (κ1) is 22.0. The van der Waals surface area contributed by atoms with Gasteiger partial charge in [-0.15, -0.1) is 11.8 Å². The number of nitrogens with zero attached hydrogens (tertiary/aromatic N) is 4. The van der Waals surface area contributed by atoms with Crippen LogP contribution in [0.4, 0.5) is 14.9 Å². The number of thioether (sulfide) groups is 1. The van der Waals surface area contributed by atoms with Crippen molar-refractivity contribution in [3.63, 3.8) is 0 Å². The van der Waals surface area contributed by atoms with Crippen molar-refractivity contribution in [1.29, 1.82) is 0 Å². The number of aryl methyl sites for hydroxylation is 1. The Morgan fingerprint density at radius 1 is 1.26 bits per heavy atom. The summed E-state index contributed by atoms with van der Waals surface area (Å²) in [7, 11) is 1.35. The third-order valence-electron chi connectivity index (χ3n) is 4.00. The molecule has 0 bridgehead atoms. The molecule has 2 N–H and O–H groups in total. The van der Waals surface area contributed by atoms with Crippen molar-refractivity contribution in [3.8, 4) is 22.9 Å². The fourth-order valence-corrected chi connectivity index (χ4v) is 3.13. The van der Waals surface area contributed by atoms with Crippen LogP contribution in [0.15, 0.2) is 50.9 Å². The molecule has 0 aliphatic heterocycles. The second-order valence-corrected chi connectivity index (χ2v) is 6.85. The fraction of sp³-hybridized carbons (Fsp3) is 0.150. The number of aliphatic imine (C=N–C) groups is 2. The Bertz CT molecular complexity index is 1170.